The molecule has 0 amide bonds. The maximum atomic E-state index is 5.11. The van der Waals surface area contributed by atoms with Gasteiger partial charge in [-0.15, -0.1) is 0 Å². The van der Waals surface area contributed by atoms with E-state index in [1.165, 1.54) is 38.5 Å². The number of hydrogen-bond acceptors (Lipinski definition) is 7. The van der Waals surface area contributed by atoms with Gasteiger partial charge < -0.3 is 20.0 Å². The Balaban J connectivity index is 2.46. The zero-order valence-electron chi connectivity index (χ0n) is 24.5. The first-order valence-corrected chi connectivity index (χ1v) is 14.4. The van der Waals surface area contributed by atoms with Crippen LogP contribution in [-0.4, -0.2) is 64.8 Å². The summed E-state index contributed by atoms with van der Waals surface area (Å²) in [6.45, 7) is 24.9. The molecule has 1 aromatic heterocycles. The third-order valence-corrected chi connectivity index (χ3v) is 7.31. The van der Waals surface area contributed by atoms with Crippen LogP contribution in [0.2, 0.25) is 0 Å². The quantitative estimate of drug-likeness (QED) is 0.301. The molecule has 202 valence electrons. The van der Waals surface area contributed by atoms with Crippen LogP contribution in [0.5, 0.6) is 0 Å². The molecule has 35 heavy (non-hydrogen) atoms. The predicted octanol–water partition coefficient (Wildman–Crippen LogP) is 6.04. The van der Waals surface area contributed by atoms with Crippen molar-refractivity contribution >= 4 is 17.8 Å². The van der Waals surface area contributed by atoms with Crippen molar-refractivity contribution in [1.29, 1.82) is 0 Å². The summed E-state index contributed by atoms with van der Waals surface area (Å²) >= 11 is 0. The summed E-state index contributed by atoms with van der Waals surface area (Å²) < 4.78 is 0. The molecule has 7 heteroatoms. The fourth-order valence-corrected chi connectivity index (χ4v) is 5.76. The van der Waals surface area contributed by atoms with Crippen LogP contribution in [-0.2, 0) is 0 Å². The first kappa shape index (κ1) is 29.6. The summed E-state index contributed by atoms with van der Waals surface area (Å²) in [5, 5.41) is 3.86. The first-order valence-electron chi connectivity index (χ1n) is 14.4. The number of aromatic nitrogens is 3. The highest BCUT2D eigenvalue weighted by atomic mass is 15.4. The predicted molar refractivity (Wildman–Crippen MR) is 152 cm³/mol. The number of hydrogen-bond donors (Lipinski definition) is 1. The fraction of sp³-hybridized carbons (Fsp3) is 0.893. The van der Waals surface area contributed by atoms with E-state index >= 15 is 0 Å². The summed E-state index contributed by atoms with van der Waals surface area (Å²) in [5.41, 5.74) is 0.143. The summed E-state index contributed by atoms with van der Waals surface area (Å²) in [4.78, 5) is 22.2. The Morgan fingerprint density at radius 3 is 1.54 bits per heavy atom. The van der Waals surface area contributed by atoms with Crippen molar-refractivity contribution in [3.05, 3.63) is 0 Å². The fourth-order valence-electron chi connectivity index (χ4n) is 5.76. The van der Waals surface area contributed by atoms with E-state index in [1.807, 2.05) is 0 Å². The van der Waals surface area contributed by atoms with Crippen molar-refractivity contribution in [1.82, 2.24) is 20.3 Å². The van der Waals surface area contributed by atoms with Crippen molar-refractivity contribution < 1.29 is 0 Å². The lowest BCUT2D eigenvalue weighted by molar-refractivity contribution is 0.157. The van der Waals surface area contributed by atoms with Gasteiger partial charge in [-0.3, -0.25) is 0 Å². The minimum atomic E-state index is 0.0717. The Labute approximate surface area is 216 Å². The van der Waals surface area contributed by atoms with E-state index in [1.54, 1.807) is 0 Å². The van der Waals surface area contributed by atoms with Gasteiger partial charge >= 0.3 is 0 Å². The Hall–Kier alpha value is -1.63. The van der Waals surface area contributed by atoms with Gasteiger partial charge in [-0.2, -0.15) is 15.0 Å². The maximum Gasteiger partial charge on any atom is 0.232 e. The first-order chi connectivity index (χ1) is 16.6. The molecule has 0 saturated carbocycles. The summed E-state index contributed by atoms with van der Waals surface area (Å²) in [6.07, 6.45) is 9.91. The second kappa shape index (κ2) is 13.6. The highest BCUT2D eigenvalue weighted by Crippen LogP contribution is 2.34. The zero-order valence-corrected chi connectivity index (χ0v) is 24.5. The van der Waals surface area contributed by atoms with Gasteiger partial charge in [0.25, 0.3) is 0 Å². The molecule has 7 nitrogen and oxygen atoms in total. The number of anilines is 3. The molecule has 1 N–H and O–H groups in total. The number of rotatable bonds is 15. The molecule has 0 unspecified atom stereocenters. The van der Waals surface area contributed by atoms with Gasteiger partial charge in [0.15, 0.2) is 0 Å². The van der Waals surface area contributed by atoms with Crippen molar-refractivity contribution in [3.8, 4) is 0 Å². The van der Waals surface area contributed by atoms with Gasteiger partial charge in [0.1, 0.15) is 0 Å². The van der Waals surface area contributed by atoms with Crippen LogP contribution in [0.1, 0.15) is 114 Å². The van der Waals surface area contributed by atoms with Crippen LogP contribution in [0.3, 0.4) is 0 Å². The molecule has 0 bridgehead atoms. The van der Waals surface area contributed by atoms with Gasteiger partial charge in [-0.1, -0.05) is 39.0 Å². The van der Waals surface area contributed by atoms with E-state index < -0.39 is 0 Å². The normalized spacial score (nSPS) is 17.4. The largest absolute Gasteiger partial charge is 0.341 e. The summed E-state index contributed by atoms with van der Waals surface area (Å²) in [7, 11) is 0. The molecule has 2 heterocycles. The Morgan fingerprint density at radius 2 is 1.09 bits per heavy atom. The summed E-state index contributed by atoms with van der Waals surface area (Å²) in [6, 6.07) is 0.397. The topological polar surface area (TPSA) is 60.4 Å². The van der Waals surface area contributed by atoms with Gasteiger partial charge in [0.2, 0.25) is 17.8 Å². The molecular weight excluding hydrogens is 434 g/mol. The molecule has 1 fully saturated rings. The maximum absolute atomic E-state index is 5.11. The second-order valence-electron chi connectivity index (χ2n) is 11.5. The SMILES string of the molecule is CCCCCCCCN(c1nc(N(CC)CC)nc(N(CC)CC)n1)C1CC(C)(C)NC(C)(C)C1. The highest BCUT2D eigenvalue weighted by Gasteiger charge is 2.40. The van der Waals surface area contributed by atoms with E-state index in [2.05, 4.69) is 82.3 Å². The minimum Gasteiger partial charge on any atom is -0.341 e. The van der Waals surface area contributed by atoms with Crippen LogP contribution in [0.4, 0.5) is 17.8 Å². The van der Waals surface area contributed by atoms with Gasteiger partial charge in [0, 0.05) is 49.8 Å². The van der Waals surface area contributed by atoms with Crippen molar-refractivity contribution in [3.63, 3.8) is 0 Å². The van der Waals surface area contributed by atoms with E-state index in [9.17, 15) is 0 Å². The second-order valence-corrected chi connectivity index (χ2v) is 11.5. The number of nitrogens with one attached hydrogen (secondary N) is 1. The van der Waals surface area contributed by atoms with E-state index in [4.69, 9.17) is 15.0 Å². The standard InChI is InChI=1S/C28H55N7/c1-10-15-16-17-18-19-20-35(23-21-27(6,7)32-28(8,9)22-23)26-30-24(33(11-2)12-3)29-25(31-26)34(13-4)14-5/h23,32H,10-22H2,1-9H3. The van der Waals surface area contributed by atoms with Gasteiger partial charge in [0.05, 0.1) is 0 Å². The molecule has 2 rings (SSSR count). The Morgan fingerprint density at radius 1 is 0.657 bits per heavy atom. The minimum absolute atomic E-state index is 0.0717. The Kier molecular flexibility index (Phi) is 11.5. The molecule has 0 aliphatic carbocycles. The summed E-state index contributed by atoms with van der Waals surface area (Å²) in [5.74, 6) is 2.47. The molecular formula is C28H55N7. The zero-order chi connectivity index (χ0) is 26.1. The molecule has 0 radical (unpaired) electrons. The van der Waals surface area contributed by atoms with Crippen LogP contribution in [0.25, 0.3) is 0 Å². The van der Waals surface area contributed by atoms with Crippen molar-refractivity contribution in [2.45, 2.75) is 131 Å². The van der Waals surface area contributed by atoms with E-state index in [0.717, 1.165) is 63.4 Å². The van der Waals surface area contributed by atoms with Crippen LogP contribution >= 0.6 is 0 Å². The smallest absolute Gasteiger partial charge is 0.232 e. The molecule has 1 saturated heterocycles. The molecule has 1 aromatic rings. The van der Waals surface area contributed by atoms with Crippen LogP contribution < -0.4 is 20.0 Å². The average Bonchev–Trinajstić information content (AvgIpc) is 2.78. The lowest BCUT2D eigenvalue weighted by atomic mass is 9.79. The number of nitrogens with zero attached hydrogens (tertiary/aromatic N) is 6. The lowest BCUT2D eigenvalue weighted by Gasteiger charge is -2.49. The highest BCUT2D eigenvalue weighted by molar-refractivity contribution is 5.47. The van der Waals surface area contributed by atoms with Crippen molar-refractivity contribution in [2.24, 2.45) is 0 Å². The molecule has 0 atom stereocenters. The number of piperidine rings is 1. The molecule has 1 aliphatic heterocycles. The average molecular weight is 490 g/mol. The molecule has 1 aliphatic rings. The van der Waals surface area contributed by atoms with Crippen molar-refractivity contribution in [2.75, 3.05) is 47.4 Å². The van der Waals surface area contributed by atoms with Gasteiger partial charge in [-0.05, 0) is 74.7 Å². The number of unbranched alkanes of at least 4 members (excludes halogenated alkanes) is 5. The third kappa shape index (κ3) is 8.76. The van der Waals surface area contributed by atoms with Crippen LogP contribution in [0, 0.1) is 0 Å². The van der Waals surface area contributed by atoms with Crippen LogP contribution in [0.15, 0.2) is 0 Å². The van der Waals surface area contributed by atoms with E-state index in [-0.39, 0.29) is 11.1 Å². The monoisotopic (exact) mass is 489 g/mol. The third-order valence-electron chi connectivity index (χ3n) is 7.31. The van der Waals surface area contributed by atoms with E-state index in [0.29, 0.717) is 6.04 Å². The van der Waals surface area contributed by atoms with Gasteiger partial charge in [-0.25, -0.2) is 0 Å². The molecule has 0 spiro atoms. The lowest BCUT2D eigenvalue weighted by Crippen LogP contribution is -2.62. The Bertz CT molecular complexity index is 695. The molecule has 0 aromatic carbocycles.